The first kappa shape index (κ1) is 14.9. The number of carbonyl (C=O) groups is 1. The van der Waals surface area contributed by atoms with Crippen molar-refractivity contribution in [2.24, 2.45) is 0 Å². The van der Waals surface area contributed by atoms with Crippen LogP contribution in [0.3, 0.4) is 0 Å². The van der Waals surface area contributed by atoms with Crippen molar-refractivity contribution in [2.75, 3.05) is 11.9 Å². The Kier molecular flexibility index (Phi) is 4.47. The molecule has 0 bridgehead atoms. The van der Waals surface area contributed by atoms with E-state index < -0.39 is 18.8 Å². The number of alkyl halides is 3. The Bertz CT molecular complexity index is 612. The molecule has 0 spiro atoms. The number of hydrogen-bond acceptors (Lipinski definition) is 1. The van der Waals surface area contributed by atoms with E-state index in [9.17, 15) is 18.0 Å². The van der Waals surface area contributed by atoms with E-state index in [1.54, 1.807) is 29.6 Å². The summed E-state index contributed by atoms with van der Waals surface area (Å²) in [7, 11) is 0. The summed E-state index contributed by atoms with van der Waals surface area (Å²) in [6, 6.07) is 15.3. The first-order valence-corrected chi connectivity index (χ1v) is 6.22. The van der Waals surface area contributed by atoms with Crippen LogP contribution in [0.15, 0.2) is 54.6 Å². The van der Waals surface area contributed by atoms with Gasteiger partial charge in [0.1, 0.15) is 6.54 Å². The molecule has 0 saturated carbocycles. The van der Waals surface area contributed by atoms with Crippen molar-refractivity contribution in [3.8, 4) is 11.1 Å². The Morgan fingerprint density at radius 3 is 2.24 bits per heavy atom. The van der Waals surface area contributed by atoms with Gasteiger partial charge >= 0.3 is 12.2 Å². The fourth-order valence-corrected chi connectivity index (χ4v) is 1.81. The average Bonchev–Trinajstić information content (AvgIpc) is 2.46. The molecule has 2 aromatic carbocycles. The summed E-state index contributed by atoms with van der Waals surface area (Å²) >= 11 is 0. The Hall–Kier alpha value is -2.50. The third-order valence-corrected chi connectivity index (χ3v) is 2.71. The second-order valence-corrected chi connectivity index (χ2v) is 4.33. The van der Waals surface area contributed by atoms with Crippen molar-refractivity contribution < 1.29 is 18.0 Å². The third-order valence-electron chi connectivity index (χ3n) is 2.71. The first-order valence-electron chi connectivity index (χ1n) is 6.22. The zero-order valence-corrected chi connectivity index (χ0v) is 10.9. The molecule has 6 heteroatoms. The van der Waals surface area contributed by atoms with Gasteiger partial charge in [0.05, 0.1) is 5.69 Å². The Labute approximate surface area is 119 Å². The van der Waals surface area contributed by atoms with Gasteiger partial charge in [-0.25, -0.2) is 4.79 Å². The second kappa shape index (κ2) is 6.30. The second-order valence-electron chi connectivity index (χ2n) is 4.33. The van der Waals surface area contributed by atoms with Gasteiger partial charge in [0, 0.05) is 5.56 Å². The highest BCUT2D eigenvalue weighted by atomic mass is 19.4. The van der Waals surface area contributed by atoms with Crippen LogP contribution in [0.5, 0.6) is 0 Å². The predicted molar refractivity (Wildman–Crippen MR) is 75.0 cm³/mol. The maximum Gasteiger partial charge on any atom is 0.405 e. The van der Waals surface area contributed by atoms with Crippen LogP contribution in [0.2, 0.25) is 0 Å². The van der Waals surface area contributed by atoms with Gasteiger partial charge in [-0.15, -0.1) is 0 Å². The molecule has 2 aromatic rings. The molecule has 2 amide bonds. The lowest BCUT2D eigenvalue weighted by atomic mass is 10.0. The minimum atomic E-state index is -4.43. The van der Waals surface area contributed by atoms with E-state index in [1.807, 2.05) is 30.3 Å². The number of anilines is 1. The van der Waals surface area contributed by atoms with Crippen LogP contribution in [-0.4, -0.2) is 18.8 Å². The van der Waals surface area contributed by atoms with Crippen LogP contribution in [0, 0.1) is 0 Å². The van der Waals surface area contributed by atoms with Crippen LogP contribution in [0.1, 0.15) is 0 Å². The maximum atomic E-state index is 12.1. The minimum absolute atomic E-state index is 0.448. The maximum absolute atomic E-state index is 12.1. The van der Waals surface area contributed by atoms with Gasteiger partial charge in [-0.05, 0) is 11.6 Å². The number of amides is 2. The van der Waals surface area contributed by atoms with Gasteiger partial charge in [0.2, 0.25) is 0 Å². The summed E-state index contributed by atoms with van der Waals surface area (Å²) in [5, 5.41) is 4.21. The summed E-state index contributed by atoms with van der Waals surface area (Å²) < 4.78 is 36.2. The van der Waals surface area contributed by atoms with Crippen molar-refractivity contribution in [3.63, 3.8) is 0 Å². The summed E-state index contributed by atoms with van der Waals surface area (Å²) in [5.41, 5.74) is 2.05. The van der Waals surface area contributed by atoms with Gasteiger partial charge in [-0.2, -0.15) is 13.2 Å². The van der Waals surface area contributed by atoms with E-state index in [2.05, 4.69) is 5.32 Å². The lowest BCUT2D eigenvalue weighted by Gasteiger charge is -2.13. The Morgan fingerprint density at radius 1 is 0.952 bits per heavy atom. The number of para-hydroxylation sites is 1. The van der Waals surface area contributed by atoms with E-state index in [0.29, 0.717) is 5.69 Å². The lowest BCUT2D eigenvalue weighted by molar-refractivity contribution is -0.122. The molecule has 21 heavy (non-hydrogen) atoms. The molecule has 0 fully saturated rings. The zero-order valence-electron chi connectivity index (χ0n) is 10.9. The standard InChI is InChI=1S/C15H13F3N2O/c16-15(17,18)10-19-14(21)20-13-9-5-4-8-12(13)11-6-2-1-3-7-11/h1-9H,10H2,(H2,19,20,21). The van der Waals surface area contributed by atoms with E-state index in [0.717, 1.165) is 11.1 Å². The summed E-state index contributed by atoms with van der Waals surface area (Å²) in [5.74, 6) is 0. The number of halogens is 3. The van der Waals surface area contributed by atoms with E-state index in [1.165, 1.54) is 0 Å². The normalized spacial score (nSPS) is 11.0. The molecule has 2 rings (SSSR count). The van der Waals surface area contributed by atoms with Crippen LogP contribution in [0.4, 0.5) is 23.7 Å². The predicted octanol–water partition coefficient (Wildman–Crippen LogP) is 4.04. The summed E-state index contributed by atoms with van der Waals surface area (Å²) in [6.45, 7) is -1.37. The summed E-state index contributed by atoms with van der Waals surface area (Å²) in [6.07, 6.45) is -4.43. The van der Waals surface area contributed by atoms with Crippen LogP contribution in [-0.2, 0) is 0 Å². The first-order chi connectivity index (χ1) is 9.96. The third kappa shape index (κ3) is 4.52. The number of rotatable bonds is 3. The molecule has 3 nitrogen and oxygen atoms in total. The van der Waals surface area contributed by atoms with E-state index in [4.69, 9.17) is 0 Å². The number of urea groups is 1. The molecular weight excluding hydrogens is 281 g/mol. The van der Waals surface area contributed by atoms with Crippen LogP contribution < -0.4 is 10.6 Å². The molecule has 0 radical (unpaired) electrons. The minimum Gasteiger partial charge on any atom is -0.329 e. The van der Waals surface area contributed by atoms with Gasteiger partial charge in [-0.1, -0.05) is 48.5 Å². The van der Waals surface area contributed by atoms with Crippen LogP contribution in [0.25, 0.3) is 11.1 Å². The summed E-state index contributed by atoms with van der Waals surface area (Å²) in [4.78, 5) is 11.5. The zero-order chi connectivity index (χ0) is 15.3. The Morgan fingerprint density at radius 2 is 1.57 bits per heavy atom. The lowest BCUT2D eigenvalue weighted by Crippen LogP contribution is -2.36. The molecule has 110 valence electrons. The molecule has 0 heterocycles. The smallest absolute Gasteiger partial charge is 0.329 e. The van der Waals surface area contributed by atoms with Gasteiger partial charge < -0.3 is 10.6 Å². The van der Waals surface area contributed by atoms with Crippen molar-refractivity contribution >= 4 is 11.7 Å². The highest BCUT2D eigenvalue weighted by molar-refractivity contribution is 5.94. The monoisotopic (exact) mass is 294 g/mol. The molecular formula is C15H13F3N2O. The molecule has 0 aliphatic rings. The number of carbonyl (C=O) groups excluding carboxylic acids is 1. The van der Waals surface area contributed by atoms with Crippen molar-refractivity contribution in [1.82, 2.24) is 5.32 Å². The van der Waals surface area contributed by atoms with Crippen molar-refractivity contribution in [3.05, 3.63) is 54.6 Å². The van der Waals surface area contributed by atoms with Crippen LogP contribution >= 0.6 is 0 Å². The molecule has 0 aromatic heterocycles. The average molecular weight is 294 g/mol. The van der Waals surface area contributed by atoms with E-state index in [-0.39, 0.29) is 0 Å². The van der Waals surface area contributed by atoms with Crippen molar-refractivity contribution in [2.45, 2.75) is 6.18 Å². The van der Waals surface area contributed by atoms with Crippen molar-refractivity contribution in [1.29, 1.82) is 0 Å². The van der Waals surface area contributed by atoms with Gasteiger partial charge in [-0.3, -0.25) is 0 Å². The van der Waals surface area contributed by atoms with Gasteiger partial charge in [0.15, 0.2) is 0 Å². The molecule has 0 unspecified atom stereocenters. The molecule has 0 atom stereocenters. The Balaban J connectivity index is 2.13. The number of benzene rings is 2. The SMILES string of the molecule is O=C(NCC(F)(F)F)Nc1ccccc1-c1ccccc1. The molecule has 2 N–H and O–H groups in total. The highest BCUT2D eigenvalue weighted by Crippen LogP contribution is 2.27. The number of hydrogen-bond donors (Lipinski definition) is 2. The fraction of sp³-hybridized carbons (Fsp3) is 0.133. The number of nitrogens with one attached hydrogen (secondary N) is 2. The molecule has 0 aliphatic carbocycles. The largest absolute Gasteiger partial charge is 0.405 e. The topological polar surface area (TPSA) is 41.1 Å². The van der Waals surface area contributed by atoms with E-state index >= 15 is 0 Å². The molecule has 0 aliphatic heterocycles. The fourth-order valence-electron chi connectivity index (χ4n) is 1.81. The molecule has 0 saturated heterocycles. The van der Waals surface area contributed by atoms with Gasteiger partial charge in [0.25, 0.3) is 0 Å². The highest BCUT2D eigenvalue weighted by Gasteiger charge is 2.27. The quantitative estimate of drug-likeness (QED) is 0.881.